The van der Waals surface area contributed by atoms with Gasteiger partial charge in [0.1, 0.15) is 17.6 Å². The van der Waals surface area contributed by atoms with Crippen LogP contribution in [0.4, 0.5) is 0 Å². The number of hydrogen-bond acceptors (Lipinski definition) is 5. The van der Waals surface area contributed by atoms with E-state index < -0.39 is 0 Å². The maximum Gasteiger partial charge on any atom is 0.310 e. The van der Waals surface area contributed by atoms with Crippen molar-refractivity contribution in [1.29, 1.82) is 0 Å². The van der Waals surface area contributed by atoms with Gasteiger partial charge in [0.2, 0.25) is 0 Å². The van der Waals surface area contributed by atoms with Crippen LogP contribution in [0.3, 0.4) is 0 Å². The molecule has 1 aromatic carbocycles. The molecule has 2 aromatic rings. The van der Waals surface area contributed by atoms with E-state index in [1.807, 2.05) is 0 Å². The number of carbonyl (C=O) groups is 1. The molecule has 5 rings (SSSR count). The van der Waals surface area contributed by atoms with Gasteiger partial charge in [-0.3, -0.25) is 4.79 Å². The first kappa shape index (κ1) is 18.5. The number of nitrogens with zero attached hydrogens (tertiary/aromatic N) is 1. The highest BCUT2D eigenvalue weighted by Crippen LogP contribution is 2.46. The average molecular weight is 421 g/mol. The van der Waals surface area contributed by atoms with Gasteiger partial charge in [0.25, 0.3) is 0 Å². The summed E-state index contributed by atoms with van der Waals surface area (Å²) in [7, 11) is 0. The van der Waals surface area contributed by atoms with Crippen LogP contribution in [0.25, 0.3) is 11.3 Å². The minimum Gasteiger partial charge on any atom is -0.462 e. The first-order valence-corrected chi connectivity index (χ1v) is 10.7. The van der Waals surface area contributed by atoms with E-state index in [1.54, 1.807) is 18.2 Å². The number of aromatic nitrogens is 1. The van der Waals surface area contributed by atoms with E-state index >= 15 is 0 Å². The molecule has 3 heterocycles. The summed E-state index contributed by atoms with van der Waals surface area (Å²) < 4.78 is 11.5. The number of benzene rings is 1. The summed E-state index contributed by atoms with van der Waals surface area (Å²) in [6.45, 7) is 0. The van der Waals surface area contributed by atoms with Crippen LogP contribution < -0.4 is 5.32 Å². The number of rotatable bonds is 5. The van der Waals surface area contributed by atoms with E-state index in [4.69, 9.17) is 32.5 Å². The highest BCUT2D eigenvalue weighted by atomic mass is 35.5. The molecule has 2 aliphatic heterocycles. The molecular weight excluding hydrogens is 399 g/mol. The van der Waals surface area contributed by atoms with Gasteiger partial charge in [-0.1, -0.05) is 34.4 Å². The Kier molecular flexibility index (Phi) is 4.85. The second kappa shape index (κ2) is 7.36. The molecule has 0 spiro atoms. The normalized spacial score (nSPS) is 26.4. The summed E-state index contributed by atoms with van der Waals surface area (Å²) in [5.41, 5.74) is 1.93. The topological polar surface area (TPSA) is 64.4 Å². The molecule has 5 nitrogen and oxygen atoms in total. The molecule has 2 saturated heterocycles. The van der Waals surface area contributed by atoms with Gasteiger partial charge in [0.15, 0.2) is 0 Å². The number of hydrogen-bond donors (Lipinski definition) is 1. The van der Waals surface area contributed by atoms with Crippen LogP contribution in [0, 0.1) is 0 Å². The predicted molar refractivity (Wildman–Crippen MR) is 107 cm³/mol. The third-order valence-electron chi connectivity index (χ3n) is 6.02. The molecular formula is C21H22Cl2N2O3. The quantitative estimate of drug-likeness (QED) is 0.697. The van der Waals surface area contributed by atoms with Gasteiger partial charge >= 0.3 is 5.97 Å². The molecule has 0 amide bonds. The standard InChI is InChI=1S/C21H22Cl2N2O3/c22-16-2-1-3-17(23)19(16)20-15(21(28-25-20)11-4-5-11)10-18(26)27-14-8-12-6-7-13(9-14)24-12/h1-3,11-14,24H,4-10H2/t12-,13+,14+. The van der Waals surface area contributed by atoms with E-state index in [2.05, 4.69) is 10.5 Å². The number of piperidine rings is 1. The van der Waals surface area contributed by atoms with Crippen LogP contribution in [-0.4, -0.2) is 29.3 Å². The molecule has 3 fully saturated rings. The highest BCUT2D eigenvalue weighted by Gasteiger charge is 2.37. The molecule has 2 bridgehead atoms. The lowest BCUT2D eigenvalue weighted by molar-refractivity contribution is -0.150. The SMILES string of the molecule is O=C(Cc1c(-c2c(Cl)cccc2Cl)noc1C1CC1)O[C@H]1C[C@H]2CC[C@@H](C1)N2. The molecule has 1 saturated carbocycles. The molecule has 7 heteroatoms. The maximum absolute atomic E-state index is 12.8. The minimum absolute atomic E-state index is 0.0113. The molecule has 3 aliphatic rings. The Morgan fingerprint density at radius 1 is 1.14 bits per heavy atom. The largest absolute Gasteiger partial charge is 0.462 e. The third kappa shape index (κ3) is 3.56. The number of carbonyl (C=O) groups excluding carboxylic acids is 1. The molecule has 3 atom stereocenters. The first-order valence-electron chi connectivity index (χ1n) is 9.97. The van der Waals surface area contributed by atoms with Crippen molar-refractivity contribution >= 4 is 29.2 Å². The van der Waals surface area contributed by atoms with Crippen LogP contribution in [0.1, 0.15) is 55.8 Å². The summed E-state index contributed by atoms with van der Waals surface area (Å²) in [6, 6.07) is 6.27. The zero-order valence-electron chi connectivity index (χ0n) is 15.4. The summed E-state index contributed by atoms with van der Waals surface area (Å²) in [6.07, 6.45) is 6.34. The zero-order chi connectivity index (χ0) is 19.3. The number of ether oxygens (including phenoxy) is 1. The molecule has 1 aliphatic carbocycles. The van der Waals surface area contributed by atoms with Gasteiger partial charge in [-0.15, -0.1) is 0 Å². The van der Waals surface area contributed by atoms with E-state index in [9.17, 15) is 4.79 Å². The van der Waals surface area contributed by atoms with Crippen molar-refractivity contribution in [2.24, 2.45) is 0 Å². The molecule has 28 heavy (non-hydrogen) atoms. The zero-order valence-corrected chi connectivity index (χ0v) is 16.9. The maximum atomic E-state index is 12.8. The Morgan fingerprint density at radius 2 is 1.82 bits per heavy atom. The second-order valence-electron chi connectivity index (χ2n) is 8.14. The Bertz CT molecular complexity index is 877. The lowest BCUT2D eigenvalue weighted by atomic mass is 10.0. The van der Waals surface area contributed by atoms with Crippen molar-refractivity contribution in [3.8, 4) is 11.3 Å². The monoisotopic (exact) mass is 420 g/mol. The molecule has 148 valence electrons. The van der Waals surface area contributed by atoms with Crippen LogP contribution >= 0.6 is 23.2 Å². The van der Waals surface area contributed by atoms with E-state index in [0.717, 1.165) is 37.0 Å². The molecule has 0 radical (unpaired) electrons. The van der Waals surface area contributed by atoms with Crippen molar-refractivity contribution in [3.63, 3.8) is 0 Å². The summed E-state index contributed by atoms with van der Waals surface area (Å²) in [4.78, 5) is 12.8. The number of esters is 1. The van der Waals surface area contributed by atoms with Gasteiger partial charge in [-0.2, -0.15) is 0 Å². The Morgan fingerprint density at radius 3 is 2.46 bits per heavy atom. The minimum atomic E-state index is -0.235. The van der Waals surface area contributed by atoms with Gasteiger partial charge in [-0.05, 0) is 50.7 Å². The third-order valence-corrected chi connectivity index (χ3v) is 6.65. The van der Waals surface area contributed by atoms with Crippen LogP contribution in [0.2, 0.25) is 10.0 Å². The number of fused-ring (bicyclic) bond motifs is 2. The second-order valence-corrected chi connectivity index (χ2v) is 8.96. The smallest absolute Gasteiger partial charge is 0.310 e. The van der Waals surface area contributed by atoms with Gasteiger partial charge in [-0.25, -0.2) is 0 Å². The Hall–Kier alpha value is -1.56. The average Bonchev–Trinajstić information content (AvgIpc) is 3.34. The number of nitrogens with one attached hydrogen (secondary N) is 1. The van der Waals surface area contributed by atoms with E-state index in [1.165, 1.54) is 12.8 Å². The van der Waals surface area contributed by atoms with Crippen molar-refractivity contribution in [1.82, 2.24) is 10.5 Å². The van der Waals surface area contributed by atoms with Gasteiger partial charge in [0, 0.05) is 29.1 Å². The number of halogens is 2. The van der Waals surface area contributed by atoms with Crippen molar-refractivity contribution in [2.75, 3.05) is 0 Å². The van der Waals surface area contributed by atoms with Gasteiger partial charge in [0.05, 0.1) is 16.5 Å². The first-order chi connectivity index (χ1) is 13.6. The summed E-state index contributed by atoms with van der Waals surface area (Å²) in [5, 5.41) is 8.80. The fourth-order valence-corrected chi connectivity index (χ4v) is 5.13. The van der Waals surface area contributed by atoms with Crippen molar-refractivity contribution < 1.29 is 14.1 Å². The summed E-state index contributed by atoms with van der Waals surface area (Å²) >= 11 is 12.8. The van der Waals surface area contributed by atoms with Crippen LogP contribution in [-0.2, 0) is 16.0 Å². The van der Waals surface area contributed by atoms with Crippen LogP contribution in [0.5, 0.6) is 0 Å². The fraction of sp³-hybridized carbons (Fsp3) is 0.524. The predicted octanol–water partition coefficient (Wildman–Crippen LogP) is 4.89. The van der Waals surface area contributed by atoms with Crippen molar-refractivity contribution in [2.45, 2.75) is 69.1 Å². The van der Waals surface area contributed by atoms with Gasteiger partial charge < -0.3 is 14.6 Å². The Labute approximate surface area is 173 Å². The summed E-state index contributed by atoms with van der Waals surface area (Å²) in [5.74, 6) is 0.856. The fourth-order valence-electron chi connectivity index (χ4n) is 4.55. The lowest BCUT2D eigenvalue weighted by Crippen LogP contribution is -2.42. The Balaban J connectivity index is 1.39. The van der Waals surface area contributed by atoms with E-state index in [0.29, 0.717) is 39.3 Å². The van der Waals surface area contributed by atoms with Crippen molar-refractivity contribution in [3.05, 3.63) is 39.6 Å². The lowest BCUT2D eigenvalue weighted by Gasteiger charge is -2.28. The highest BCUT2D eigenvalue weighted by molar-refractivity contribution is 6.39. The molecule has 1 N–H and O–H groups in total. The van der Waals surface area contributed by atoms with E-state index in [-0.39, 0.29) is 18.5 Å². The van der Waals surface area contributed by atoms with Crippen LogP contribution in [0.15, 0.2) is 22.7 Å². The molecule has 1 aromatic heterocycles. The molecule has 0 unspecified atom stereocenters.